The third-order valence-corrected chi connectivity index (χ3v) is 4.31. The molecule has 0 aliphatic carbocycles. The van der Waals surface area contributed by atoms with E-state index < -0.39 is 0 Å². The van der Waals surface area contributed by atoms with Gasteiger partial charge in [-0.3, -0.25) is 0 Å². The number of morpholine rings is 1. The van der Waals surface area contributed by atoms with Crippen LogP contribution in [0.15, 0.2) is 54.9 Å². The van der Waals surface area contributed by atoms with E-state index in [0.29, 0.717) is 13.1 Å². The molecule has 0 bridgehead atoms. The summed E-state index contributed by atoms with van der Waals surface area (Å²) in [6.45, 7) is 3.44. The molecule has 24 heavy (non-hydrogen) atoms. The van der Waals surface area contributed by atoms with Crippen LogP contribution in [0.2, 0.25) is 0 Å². The van der Waals surface area contributed by atoms with Crippen molar-refractivity contribution in [1.82, 2.24) is 9.97 Å². The SMILES string of the molecule is CC1CN(c2ncnc3ccc(F)cc23)CC(c2ccccc2)O1. The summed E-state index contributed by atoms with van der Waals surface area (Å²) in [5.74, 6) is 0.482. The number of fused-ring (bicyclic) bond motifs is 1. The van der Waals surface area contributed by atoms with Gasteiger partial charge in [0.05, 0.1) is 11.6 Å². The molecule has 3 aromatic rings. The molecular weight excluding hydrogens is 305 g/mol. The summed E-state index contributed by atoms with van der Waals surface area (Å²) < 4.78 is 19.8. The van der Waals surface area contributed by atoms with Gasteiger partial charge < -0.3 is 9.64 Å². The highest BCUT2D eigenvalue weighted by molar-refractivity contribution is 5.89. The number of halogens is 1. The Morgan fingerprint density at radius 2 is 1.92 bits per heavy atom. The first-order valence-electron chi connectivity index (χ1n) is 8.06. The van der Waals surface area contributed by atoms with Gasteiger partial charge in [-0.25, -0.2) is 14.4 Å². The number of aromatic nitrogens is 2. The topological polar surface area (TPSA) is 38.2 Å². The Morgan fingerprint density at radius 3 is 2.75 bits per heavy atom. The lowest BCUT2D eigenvalue weighted by atomic mass is 10.1. The van der Waals surface area contributed by atoms with Gasteiger partial charge in [-0.2, -0.15) is 0 Å². The van der Waals surface area contributed by atoms with Gasteiger partial charge in [0.25, 0.3) is 0 Å². The molecule has 0 spiro atoms. The third-order valence-electron chi connectivity index (χ3n) is 4.31. The van der Waals surface area contributed by atoms with E-state index in [2.05, 4.69) is 27.0 Å². The number of hydrogen-bond donors (Lipinski definition) is 0. The maximum absolute atomic E-state index is 13.7. The first-order valence-corrected chi connectivity index (χ1v) is 8.06. The Labute approximate surface area is 139 Å². The van der Waals surface area contributed by atoms with Crippen molar-refractivity contribution in [3.05, 3.63) is 66.2 Å². The number of ether oxygens (including phenoxy) is 1. The highest BCUT2D eigenvalue weighted by atomic mass is 19.1. The first kappa shape index (κ1) is 15.0. The van der Waals surface area contributed by atoms with E-state index >= 15 is 0 Å². The van der Waals surface area contributed by atoms with Gasteiger partial charge in [0.15, 0.2) is 0 Å². The summed E-state index contributed by atoms with van der Waals surface area (Å²) in [4.78, 5) is 10.8. The third kappa shape index (κ3) is 2.83. The van der Waals surface area contributed by atoms with Gasteiger partial charge in [0, 0.05) is 18.5 Å². The molecule has 1 aliphatic heterocycles. The van der Waals surface area contributed by atoms with E-state index in [1.165, 1.54) is 18.5 Å². The van der Waals surface area contributed by atoms with E-state index in [1.807, 2.05) is 25.1 Å². The second-order valence-electron chi connectivity index (χ2n) is 6.11. The molecule has 2 aromatic carbocycles. The van der Waals surface area contributed by atoms with Crippen LogP contribution in [-0.4, -0.2) is 29.2 Å². The Bertz CT molecular complexity index is 856. The van der Waals surface area contributed by atoms with Crippen LogP contribution < -0.4 is 4.90 Å². The van der Waals surface area contributed by atoms with Crippen LogP contribution in [0.1, 0.15) is 18.6 Å². The van der Waals surface area contributed by atoms with Crippen molar-refractivity contribution in [2.75, 3.05) is 18.0 Å². The Morgan fingerprint density at radius 1 is 1.08 bits per heavy atom. The molecule has 0 amide bonds. The minimum absolute atomic E-state index is 0.0338. The standard InChI is InChI=1S/C19H18FN3O/c1-13-10-23(11-18(24-13)14-5-3-2-4-6-14)19-16-9-15(20)7-8-17(16)21-12-22-19/h2-9,12-13,18H,10-11H2,1H3. The van der Waals surface area contributed by atoms with Crippen molar-refractivity contribution >= 4 is 16.7 Å². The molecule has 1 aromatic heterocycles. The quantitative estimate of drug-likeness (QED) is 0.720. The molecule has 5 heteroatoms. The van der Waals surface area contributed by atoms with E-state index in [-0.39, 0.29) is 18.0 Å². The zero-order valence-corrected chi connectivity index (χ0v) is 13.4. The molecule has 0 saturated carbocycles. The molecule has 4 rings (SSSR count). The van der Waals surface area contributed by atoms with Gasteiger partial charge in [-0.05, 0) is 30.7 Å². The van der Waals surface area contributed by atoms with Crippen LogP contribution in [0.3, 0.4) is 0 Å². The number of rotatable bonds is 2. The monoisotopic (exact) mass is 323 g/mol. The minimum atomic E-state index is -0.278. The van der Waals surface area contributed by atoms with Crippen molar-refractivity contribution in [2.45, 2.75) is 19.1 Å². The number of nitrogens with zero attached hydrogens (tertiary/aromatic N) is 3. The van der Waals surface area contributed by atoms with Crippen LogP contribution in [0.25, 0.3) is 10.9 Å². The van der Waals surface area contributed by atoms with Crippen molar-refractivity contribution in [3.8, 4) is 0 Å². The first-order chi connectivity index (χ1) is 11.7. The van der Waals surface area contributed by atoms with Gasteiger partial charge >= 0.3 is 0 Å². The predicted octanol–water partition coefficient (Wildman–Crippen LogP) is 3.74. The van der Waals surface area contributed by atoms with E-state index in [4.69, 9.17) is 4.74 Å². The van der Waals surface area contributed by atoms with Crippen molar-refractivity contribution in [1.29, 1.82) is 0 Å². The van der Waals surface area contributed by atoms with Crippen LogP contribution >= 0.6 is 0 Å². The molecule has 0 radical (unpaired) electrons. The Kier molecular flexibility index (Phi) is 3.86. The zero-order chi connectivity index (χ0) is 16.5. The molecule has 2 heterocycles. The molecule has 2 unspecified atom stereocenters. The highest BCUT2D eigenvalue weighted by Crippen LogP contribution is 2.31. The van der Waals surface area contributed by atoms with Gasteiger partial charge in [-0.1, -0.05) is 30.3 Å². The normalized spacial score (nSPS) is 21.2. The average molecular weight is 323 g/mol. The average Bonchev–Trinajstić information content (AvgIpc) is 2.61. The lowest BCUT2D eigenvalue weighted by molar-refractivity contribution is -0.0175. The number of benzene rings is 2. The smallest absolute Gasteiger partial charge is 0.140 e. The summed E-state index contributed by atoms with van der Waals surface area (Å²) in [5, 5.41) is 0.735. The Hall–Kier alpha value is -2.53. The van der Waals surface area contributed by atoms with E-state index in [9.17, 15) is 4.39 Å². The summed E-state index contributed by atoms with van der Waals surface area (Å²) in [7, 11) is 0. The fourth-order valence-electron chi connectivity index (χ4n) is 3.24. The zero-order valence-electron chi connectivity index (χ0n) is 13.4. The molecule has 122 valence electrons. The lowest BCUT2D eigenvalue weighted by Gasteiger charge is -2.38. The molecule has 4 nitrogen and oxygen atoms in total. The van der Waals surface area contributed by atoms with E-state index in [1.54, 1.807) is 6.07 Å². The lowest BCUT2D eigenvalue weighted by Crippen LogP contribution is -2.43. The fourth-order valence-corrected chi connectivity index (χ4v) is 3.24. The van der Waals surface area contributed by atoms with Crippen LogP contribution in [0.5, 0.6) is 0 Å². The maximum Gasteiger partial charge on any atom is 0.140 e. The summed E-state index contributed by atoms with van der Waals surface area (Å²) in [6.07, 6.45) is 1.56. The molecule has 1 aliphatic rings. The molecule has 2 atom stereocenters. The highest BCUT2D eigenvalue weighted by Gasteiger charge is 2.28. The second-order valence-corrected chi connectivity index (χ2v) is 6.11. The van der Waals surface area contributed by atoms with Crippen molar-refractivity contribution < 1.29 is 9.13 Å². The second kappa shape index (κ2) is 6.17. The van der Waals surface area contributed by atoms with Crippen LogP contribution in [-0.2, 0) is 4.74 Å². The maximum atomic E-state index is 13.7. The Balaban J connectivity index is 1.72. The molecular formula is C19H18FN3O. The van der Waals surface area contributed by atoms with Crippen LogP contribution in [0, 0.1) is 5.82 Å². The van der Waals surface area contributed by atoms with Crippen molar-refractivity contribution in [2.24, 2.45) is 0 Å². The molecule has 0 N–H and O–H groups in total. The molecule has 1 fully saturated rings. The minimum Gasteiger partial charge on any atom is -0.367 e. The summed E-state index contributed by atoms with van der Waals surface area (Å²) in [6, 6.07) is 14.8. The predicted molar refractivity (Wildman–Crippen MR) is 91.4 cm³/mol. The summed E-state index contributed by atoms with van der Waals surface area (Å²) in [5.41, 5.74) is 1.88. The number of hydrogen-bond acceptors (Lipinski definition) is 4. The molecule has 1 saturated heterocycles. The van der Waals surface area contributed by atoms with E-state index in [0.717, 1.165) is 22.3 Å². The van der Waals surface area contributed by atoms with Gasteiger partial charge in [-0.15, -0.1) is 0 Å². The largest absolute Gasteiger partial charge is 0.367 e. The number of anilines is 1. The van der Waals surface area contributed by atoms with Crippen LogP contribution in [0.4, 0.5) is 10.2 Å². The summed E-state index contributed by atoms with van der Waals surface area (Å²) >= 11 is 0. The van der Waals surface area contributed by atoms with Crippen molar-refractivity contribution in [3.63, 3.8) is 0 Å². The van der Waals surface area contributed by atoms with Gasteiger partial charge in [0.2, 0.25) is 0 Å². The fraction of sp³-hybridized carbons (Fsp3) is 0.263. The van der Waals surface area contributed by atoms with Gasteiger partial charge in [0.1, 0.15) is 24.1 Å².